The molecular formula is C18H25N3O2S. The largest absolute Gasteiger partial charge is 0.352 e. The van der Waals surface area contributed by atoms with Gasteiger partial charge in [0.1, 0.15) is 6.04 Å². The fraction of sp³-hybridized carbons (Fsp3) is 0.556. The molecule has 0 bridgehead atoms. The molecule has 0 radical (unpaired) electrons. The number of hydrogen-bond acceptors (Lipinski definition) is 3. The molecule has 1 aromatic carbocycles. The Morgan fingerprint density at radius 3 is 2.75 bits per heavy atom. The van der Waals surface area contributed by atoms with Crippen molar-refractivity contribution in [3.8, 4) is 0 Å². The lowest BCUT2D eigenvalue weighted by atomic mass is 9.92. The summed E-state index contributed by atoms with van der Waals surface area (Å²) in [6.07, 6.45) is 5.16. The Hall–Kier alpha value is -1.69. The molecule has 1 aliphatic carbocycles. The molecule has 0 aromatic heterocycles. The normalized spacial score (nSPS) is 24.8. The summed E-state index contributed by atoms with van der Waals surface area (Å²) < 4.78 is 0. The molecule has 1 aliphatic heterocycles. The second-order valence-electron chi connectivity index (χ2n) is 6.54. The van der Waals surface area contributed by atoms with E-state index >= 15 is 0 Å². The van der Waals surface area contributed by atoms with Crippen molar-refractivity contribution in [1.82, 2.24) is 10.2 Å². The minimum Gasteiger partial charge on any atom is -0.352 e. The van der Waals surface area contributed by atoms with E-state index in [0.717, 1.165) is 24.3 Å². The molecule has 6 heteroatoms. The second-order valence-corrected chi connectivity index (χ2v) is 7.89. The summed E-state index contributed by atoms with van der Waals surface area (Å²) in [7, 11) is 0. The zero-order valence-corrected chi connectivity index (χ0v) is 14.6. The summed E-state index contributed by atoms with van der Waals surface area (Å²) in [6, 6.07) is 8.84. The van der Waals surface area contributed by atoms with Crippen molar-refractivity contribution >= 4 is 23.7 Å². The molecule has 1 heterocycles. The van der Waals surface area contributed by atoms with E-state index in [2.05, 4.69) is 5.32 Å². The third-order valence-corrected chi connectivity index (χ3v) is 6.31. The van der Waals surface area contributed by atoms with Gasteiger partial charge in [0.25, 0.3) is 0 Å². The van der Waals surface area contributed by atoms with Gasteiger partial charge in [0.15, 0.2) is 0 Å². The van der Waals surface area contributed by atoms with E-state index in [1.807, 2.05) is 47.0 Å². The number of primary amides is 1. The van der Waals surface area contributed by atoms with Gasteiger partial charge < -0.3 is 16.0 Å². The predicted molar refractivity (Wildman–Crippen MR) is 96.9 cm³/mol. The first-order chi connectivity index (χ1) is 11.6. The molecule has 0 spiro atoms. The fourth-order valence-corrected chi connectivity index (χ4v) is 5.24. The highest BCUT2D eigenvalue weighted by Gasteiger charge is 2.38. The lowest BCUT2D eigenvalue weighted by molar-refractivity contribution is -0.136. The number of carbonyl (C=O) groups excluding carboxylic acids is 2. The lowest BCUT2D eigenvalue weighted by Crippen LogP contribution is -2.58. The maximum Gasteiger partial charge on any atom is 0.312 e. The van der Waals surface area contributed by atoms with Crippen LogP contribution in [0.3, 0.4) is 0 Å². The van der Waals surface area contributed by atoms with Gasteiger partial charge in [-0.3, -0.25) is 4.79 Å². The molecule has 2 aliphatic rings. The standard InChI is InChI=1S/C18H25N3O2S/c19-18(23)20-14(12-13-6-2-1-3-7-13)17(22)21-10-11-24-16-9-5-4-8-15(16)21/h1-3,6-7,14-16H,4-5,8-12H2,(H3,19,20,23). The number of fused-ring (bicyclic) bond motifs is 1. The molecular weight excluding hydrogens is 322 g/mol. The average Bonchev–Trinajstić information content (AvgIpc) is 2.60. The number of carbonyl (C=O) groups is 2. The van der Waals surface area contributed by atoms with Crippen molar-refractivity contribution in [3.05, 3.63) is 35.9 Å². The Morgan fingerprint density at radius 2 is 2.00 bits per heavy atom. The number of thioether (sulfide) groups is 1. The molecule has 3 unspecified atom stereocenters. The fourth-order valence-electron chi connectivity index (χ4n) is 3.79. The van der Waals surface area contributed by atoms with Gasteiger partial charge in [0, 0.05) is 30.0 Å². The summed E-state index contributed by atoms with van der Waals surface area (Å²) in [5.41, 5.74) is 6.35. The monoisotopic (exact) mass is 347 g/mol. The molecule has 1 saturated carbocycles. The van der Waals surface area contributed by atoms with Crippen LogP contribution in [0, 0.1) is 0 Å². The van der Waals surface area contributed by atoms with E-state index in [1.54, 1.807) is 0 Å². The van der Waals surface area contributed by atoms with Gasteiger partial charge in [-0.2, -0.15) is 11.8 Å². The molecule has 3 atom stereocenters. The van der Waals surface area contributed by atoms with Gasteiger partial charge >= 0.3 is 6.03 Å². The number of rotatable bonds is 4. The van der Waals surface area contributed by atoms with Crippen LogP contribution in [0.2, 0.25) is 0 Å². The Balaban J connectivity index is 1.75. The van der Waals surface area contributed by atoms with Gasteiger partial charge in [0.05, 0.1) is 0 Å². The van der Waals surface area contributed by atoms with E-state index in [9.17, 15) is 9.59 Å². The van der Waals surface area contributed by atoms with Crippen LogP contribution >= 0.6 is 11.8 Å². The molecule has 3 N–H and O–H groups in total. The molecule has 5 nitrogen and oxygen atoms in total. The van der Waals surface area contributed by atoms with Crippen LogP contribution in [0.5, 0.6) is 0 Å². The van der Waals surface area contributed by atoms with Crippen LogP contribution in [0.1, 0.15) is 31.2 Å². The van der Waals surface area contributed by atoms with Crippen molar-refractivity contribution in [3.63, 3.8) is 0 Å². The number of hydrogen-bond donors (Lipinski definition) is 2. The van der Waals surface area contributed by atoms with Crippen molar-refractivity contribution in [1.29, 1.82) is 0 Å². The smallest absolute Gasteiger partial charge is 0.312 e. The number of urea groups is 1. The molecule has 2 fully saturated rings. The van der Waals surface area contributed by atoms with Crippen LogP contribution in [0.4, 0.5) is 4.79 Å². The molecule has 130 valence electrons. The van der Waals surface area contributed by atoms with Crippen molar-refractivity contribution < 1.29 is 9.59 Å². The predicted octanol–water partition coefficient (Wildman–Crippen LogP) is 2.15. The van der Waals surface area contributed by atoms with Crippen LogP contribution in [-0.2, 0) is 11.2 Å². The van der Waals surface area contributed by atoms with E-state index < -0.39 is 12.1 Å². The summed E-state index contributed by atoms with van der Waals surface area (Å²) in [6.45, 7) is 0.760. The SMILES string of the molecule is NC(=O)NC(Cc1ccccc1)C(=O)N1CCSC2CCCCC21. The average molecular weight is 347 g/mol. The van der Waals surface area contributed by atoms with Crippen LogP contribution in [0.15, 0.2) is 30.3 Å². The summed E-state index contributed by atoms with van der Waals surface area (Å²) in [5.74, 6) is 0.983. The first-order valence-electron chi connectivity index (χ1n) is 8.67. The van der Waals surface area contributed by atoms with Gasteiger partial charge in [-0.25, -0.2) is 4.79 Å². The summed E-state index contributed by atoms with van der Waals surface area (Å²) >= 11 is 1.99. The zero-order valence-electron chi connectivity index (χ0n) is 13.8. The zero-order chi connectivity index (χ0) is 16.9. The molecule has 3 rings (SSSR count). The van der Waals surface area contributed by atoms with Crippen molar-refractivity contribution in [2.24, 2.45) is 5.73 Å². The molecule has 24 heavy (non-hydrogen) atoms. The minimum absolute atomic E-state index is 0.00912. The highest BCUT2D eigenvalue weighted by Crippen LogP contribution is 2.35. The van der Waals surface area contributed by atoms with E-state index in [1.165, 1.54) is 19.3 Å². The Kier molecular flexibility index (Phi) is 5.66. The van der Waals surface area contributed by atoms with Gasteiger partial charge in [-0.05, 0) is 18.4 Å². The van der Waals surface area contributed by atoms with Crippen LogP contribution < -0.4 is 11.1 Å². The summed E-state index contributed by atoms with van der Waals surface area (Å²) in [4.78, 5) is 26.5. The molecule has 1 saturated heterocycles. The number of nitrogens with two attached hydrogens (primary N) is 1. The Morgan fingerprint density at radius 1 is 1.25 bits per heavy atom. The van der Waals surface area contributed by atoms with Crippen molar-refractivity contribution in [2.75, 3.05) is 12.3 Å². The molecule has 3 amide bonds. The third-order valence-electron chi connectivity index (χ3n) is 4.91. The van der Waals surface area contributed by atoms with Crippen molar-refractivity contribution in [2.45, 2.75) is 49.4 Å². The minimum atomic E-state index is -0.643. The third kappa shape index (κ3) is 4.04. The maximum absolute atomic E-state index is 13.1. The number of amides is 3. The Bertz CT molecular complexity index is 579. The van der Waals surface area contributed by atoms with E-state index in [4.69, 9.17) is 5.73 Å². The first kappa shape index (κ1) is 17.1. The lowest BCUT2D eigenvalue weighted by Gasteiger charge is -2.44. The number of nitrogens with one attached hydrogen (secondary N) is 1. The maximum atomic E-state index is 13.1. The quantitative estimate of drug-likeness (QED) is 0.876. The number of benzene rings is 1. The highest BCUT2D eigenvalue weighted by atomic mass is 32.2. The highest BCUT2D eigenvalue weighted by molar-refractivity contribution is 8.00. The van der Waals surface area contributed by atoms with Gasteiger partial charge in [0.2, 0.25) is 5.91 Å². The van der Waals surface area contributed by atoms with Gasteiger partial charge in [-0.1, -0.05) is 43.2 Å². The number of nitrogens with zero attached hydrogens (tertiary/aromatic N) is 1. The second kappa shape index (κ2) is 7.92. The van der Waals surface area contributed by atoms with E-state index in [-0.39, 0.29) is 5.91 Å². The molecule has 1 aromatic rings. The van der Waals surface area contributed by atoms with E-state index in [0.29, 0.717) is 17.7 Å². The summed E-state index contributed by atoms with van der Waals surface area (Å²) in [5, 5.41) is 3.21. The van der Waals surface area contributed by atoms with Crippen LogP contribution in [-0.4, -0.2) is 46.5 Å². The van der Waals surface area contributed by atoms with Crippen LogP contribution in [0.25, 0.3) is 0 Å². The first-order valence-corrected chi connectivity index (χ1v) is 9.72. The van der Waals surface area contributed by atoms with Gasteiger partial charge in [-0.15, -0.1) is 0 Å². The Labute approximate surface area is 147 Å². The topological polar surface area (TPSA) is 75.4 Å².